The van der Waals surface area contributed by atoms with Gasteiger partial charge in [-0.1, -0.05) is 0 Å². The molecule has 0 aliphatic rings. The van der Waals surface area contributed by atoms with Crippen molar-refractivity contribution < 1.29 is 55.7 Å². The van der Waals surface area contributed by atoms with Gasteiger partial charge in [0.1, 0.15) is 15.9 Å². The summed E-state index contributed by atoms with van der Waals surface area (Å²) in [7, 11) is -6.91. The molecule has 0 N–H and O–H groups in total. The predicted molar refractivity (Wildman–Crippen MR) is 63.4 cm³/mol. The minimum Gasteiger partial charge on any atom is -0.744 e. The van der Waals surface area contributed by atoms with Crippen LogP contribution in [0.15, 0.2) is 27.5 Å². The molecule has 0 aliphatic carbocycles. The van der Waals surface area contributed by atoms with Crippen molar-refractivity contribution in [3.05, 3.63) is 23.8 Å². The van der Waals surface area contributed by atoms with E-state index in [-0.39, 0.29) is 40.9 Å². The van der Waals surface area contributed by atoms with Crippen molar-refractivity contribution in [2.45, 2.75) is 4.90 Å². The molecule has 19 heavy (non-hydrogen) atoms. The third-order valence-electron chi connectivity index (χ3n) is 1.87. The fourth-order valence-electron chi connectivity index (χ4n) is 1.12. The second-order valence-electron chi connectivity index (χ2n) is 3.33. The molecule has 0 spiro atoms. The molecule has 7 nitrogen and oxygen atoms in total. The molecular formula is C9H10NNaO6S2. The molecule has 0 bridgehead atoms. The molecule has 0 saturated carbocycles. The number of ether oxygens (including phenoxy) is 1. The van der Waals surface area contributed by atoms with E-state index in [9.17, 15) is 21.4 Å². The van der Waals surface area contributed by atoms with E-state index in [1.807, 2.05) is 0 Å². The van der Waals surface area contributed by atoms with Gasteiger partial charge < -0.3 is 9.29 Å². The second kappa shape index (κ2) is 6.82. The fraction of sp³-hybridized carbons (Fsp3) is 0.222. The molecule has 100 valence electrons. The average Bonchev–Trinajstić information content (AvgIpc) is 2.23. The molecule has 0 fully saturated rings. The van der Waals surface area contributed by atoms with Gasteiger partial charge in [0.25, 0.3) is 0 Å². The Labute approximate surface area is 133 Å². The first-order valence-corrected chi connectivity index (χ1v) is 7.78. The first kappa shape index (κ1) is 18.6. The molecule has 0 heterocycles. The van der Waals surface area contributed by atoms with Gasteiger partial charge in [-0.25, -0.2) is 16.8 Å². The minimum absolute atomic E-state index is 0. The number of sulfonamides is 1. The summed E-state index contributed by atoms with van der Waals surface area (Å²) in [5, 5.41) is 0. The van der Waals surface area contributed by atoms with Crippen molar-refractivity contribution in [1.29, 1.82) is 0 Å². The number of benzene rings is 1. The molecule has 0 aromatic heterocycles. The van der Waals surface area contributed by atoms with Crippen molar-refractivity contribution >= 4 is 26.4 Å². The molecule has 1 aromatic rings. The van der Waals surface area contributed by atoms with Gasteiger partial charge in [0.05, 0.1) is 24.5 Å². The zero-order valence-electron chi connectivity index (χ0n) is 10.5. The van der Waals surface area contributed by atoms with E-state index in [1.165, 1.54) is 13.2 Å². The van der Waals surface area contributed by atoms with Crippen LogP contribution in [0.25, 0.3) is 0 Å². The second-order valence-corrected chi connectivity index (χ2v) is 6.38. The summed E-state index contributed by atoms with van der Waals surface area (Å²) in [4.78, 5) is -0.488. The van der Waals surface area contributed by atoms with Crippen molar-refractivity contribution in [3.8, 4) is 5.75 Å². The number of methoxy groups -OCH3 is 1. The third kappa shape index (κ3) is 6.02. The Kier molecular flexibility index (Phi) is 6.66. The SMILES string of the molecule is COc1ccc(S(=O)(=O)[O-])cc1/C=N\S(C)(=O)=O.[Na+]. The zero-order chi connectivity index (χ0) is 14.0. The molecular weight excluding hydrogens is 305 g/mol. The van der Waals surface area contributed by atoms with E-state index in [1.54, 1.807) is 0 Å². The van der Waals surface area contributed by atoms with Crippen LogP contribution in [-0.4, -0.2) is 41.0 Å². The number of rotatable bonds is 4. The van der Waals surface area contributed by atoms with E-state index < -0.39 is 25.0 Å². The Bertz CT molecular complexity index is 681. The maximum absolute atomic E-state index is 10.9. The van der Waals surface area contributed by atoms with Crippen LogP contribution >= 0.6 is 0 Å². The van der Waals surface area contributed by atoms with E-state index in [0.29, 0.717) is 0 Å². The van der Waals surface area contributed by atoms with Gasteiger partial charge in [-0.15, -0.1) is 0 Å². The van der Waals surface area contributed by atoms with Crippen molar-refractivity contribution in [2.24, 2.45) is 4.40 Å². The van der Waals surface area contributed by atoms with Crippen LogP contribution in [0.2, 0.25) is 0 Å². The standard InChI is InChI=1S/C9H11NO6S2.Na/c1-16-9-4-3-8(18(13,14)15)5-7(9)6-10-17(2,11)12;/h3-6H,1-2H3,(H,13,14,15);/q;+1/p-1/b10-6-;. The predicted octanol–water partition coefficient (Wildman–Crippen LogP) is -3.02. The van der Waals surface area contributed by atoms with Crippen LogP contribution in [-0.2, 0) is 20.1 Å². The third-order valence-corrected chi connectivity index (χ3v) is 3.19. The maximum Gasteiger partial charge on any atom is 1.00 e. The first-order chi connectivity index (χ1) is 8.13. The smallest absolute Gasteiger partial charge is 0.744 e. The van der Waals surface area contributed by atoms with Crippen LogP contribution in [0.3, 0.4) is 0 Å². The summed E-state index contributed by atoms with van der Waals surface area (Å²) in [6.07, 6.45) is 1.80. The monoisotopic (exact) mass is 315 g/mol. The van der Waals surface area contributed by atoms with Crippen LogP contribution in [0, 0.1) is 0 Å². The first-order valence-electron chi connectivity index (χ1n) is 4.53. The van der Waals surface area contributed by atoms with Gasteiger partial charge in [-0.2, -0.15) is 4.40 Å². The molecule has 0 unspecified atom stereocenters. The van der Waals surface area contributed by atoms with Gasteiger partial charge in [-0.05, 0) is 18.2 Å². The largest absolute Gasteiger partial charge is 1.00 e. The number of hydrogen-bond donors (Lipinski definition) is 0. The molecule has 0 amide bonds. The molecule has 0 atom stereocenters. The van der Waals surface area contributed by atoms with E-state index in [2.05, 4.69) is 4.40 Å². The Morgan fingerprint density at radius 3 is 2.26 bits per heavy atom. The van der Waals surface area contributed by atoms with Crippen LogP contribution < -0.4 is 34.3 Å². The van der Waals surface area contributed by atoms with E-state index in [0.717, 1.165) is 24.6 Å². The Morgan fingerprint density at radius 2 is 1.84 bits per heavy atom. The summed E-state index contributed by atoms with van der Waals surface area (Å²) < 4.78 is 62.3. The van der Waals surface area contributed by atoms with Crippen molar-refractivity contribution in [2.75, 3.05) is 13.4 Å². The average molecular weight is 315 g/mol. The minimum atomic E-state index is -4.62. The molecule has 1 rings (SSSR count). The van der Waals surface area contributed by atoms with Gasteiger partial charge in [0.15, 0.2) is 0 Å². The molecule has 10 heteroatoms. The normalized spacial score (nSPS) is 12.2. The van der Waals surface area contributed by atoms with Crippen LogP contribution in [0.4, 0.5) is 0 Å². The summed E-state index contributed by atoms with van der Waals surface area (Å²) in [6.45, 7) is 0. The molecule has 0 aliphatic heterocycles. The zero-order valence-corrected chi connectivity index (χ0v) is 14.2. The Hall–Kier alpha value is -0.450. The Balaban J connectivity index is 0.00000324. The molecule has 1 aromatic carbocycles. The summed E-state index contributed by atoms with van der Waals surface area (Å²) in [6, 6.07) is 3.31. The quantitative estimate of drug-likeness (QED) is 0.332. The summed E-state index contributed by atoms with van der Waals surface area (Å²) >= 11 is 0. The Morgan fingerprint density at radius 1 is 1.26 bits per heavy atom. The number of hydrogen-bond acceptors (Lipinski definition) is 6. The van der Waals surface area contributed by atoms with Crippen LogP contribution in [0.1, 0.15) is 5.56 Å². The number of nitrogens with zero attached hydrogens (tertiary/aromatic N) is 1. The topological polar surface area (TPSA) is 113 Å². The van der Waals surface area contributed by atoms with E-state index in [4.69, 9.17) is 4.74 Å². The van der Waals surface area contributed by atoms with Gasteiger partial charge in [0, 0.05) is 5.56 Å². The van der Waals surface area contributed by atoms with Gasteiger partial charge >= 0.3 is 29.6 Å². The summed E-state index contributed by atoms with van der Waals surface area (Å²) in [5.41, 5.74) is 0.0832. The van der Waals surface area contributed by atoms with Crippen molar-refractivity contribution in [1.82, 2.24) is 0 Å². The summed E-state index contributed by atoms with van der Waals surface area (Å²) in [5.74, 6) is 0.204. The van der Waals surface area contributed by atoms with Gasteiger partial charge in [0.2, 0.25) is 10.0 Å². The maximum atomic E-state index is 10.9. The molecule has 0 saturated heterocycles. The van der Waals surface area contributed by atoms with Gasteiger partial charge in [-0.3, -0.25) is 0 Å². The van der Waals surface area contributed by atoms with E-state index >= 15 is 0 Å². The molecule has 0 radical (unpaired) electrons. The fourth-order valence-corrected chi connectivity index (χ4v) is 1.93. The van der Waals surface area contributed by atoms with Crippen LogP contribution in [0.5, 0.6) is 5.75 Å². The van der Waals surface area contributed by atoms with Crippen molar-refractivity contribution in [3.63, 3.8) is 0 Å².